The van der Waals surface area contributed by atoms with Crippen molar-refractivity contribution in [3.63, 3.8) is 0 Å². The second-order valence-corrected chi connectivity index (χ2v) is 19.2. The smallest absolute Gasteiger partial charge is 0.407 e. The Labute approximate surface area is 327 Å². The average Bonchev–Trinajstić information content (AvgIpc) is 4.11. The average molecular weight is 792 g/mol. The Balaban J connectivity index is 1.14. The molecule has 1 aromatic heterocycles. The highest BCUT2D eigenvalue weighted by atomic mass is 32.2. The number of carbonyl (C=O) groups is 4. The van der Waals surface area contributed by atoms with Gasteiger partial charge in [0.1, 0.15) is 34.7 Å². The summed E-state index contributed by atoms with van der Waals surface area (Å²) in [7, 11) is -2.36. The maximum atomic E-state index is 14.7. The molecule has 4 heterocycles. The fraction of sp³-hybridized carbons (Fsp3) is 0.634. The summed E-state index contributed by atoms with van der Waals surface area (Å²) in [6.07, 6.45) is 11.4. The van der Waals surface area contributed by atoms with Crippen LogP contribution in [0, 0.1) is 5.92 Å². The van der Waals surface area contributed by atoms with Gasteiger partial charge in [-0.05, 0) is 89.7 Å². The predicted octanol–water partition coefficient (Wildman–Crippen LogP) is 4.68. The molecule has 0 radical (unpaired) electrons. The van der Waals surface area contributed by atoms with E-state index >= 15 is 0 Å². The fourth-order valence-corrected chi connectivity index (χ4v) is 9.99. The van der Waals surface area contributed by atoms with Crippen LogP contribution in [0.2, 0.25) is 0 Å². The molecule has 56 heavy (non-hydrogen) atoms. The summed E-state index contributed by atoms with van der Waals surface area (Å²) in [5, 5.41) is 6.73. The van der Waals surface area contributed by atoms with Crippen LogP contribution in [0.1, 0.15) is 114 Å². The lowest BCUT2D eigenvalue weighted by molar-refractivity contribution is -0.141. The molecule has 2 aromatic rings. The Bertz CT molecular complexity index is 2080. The lowest BCUT2D eigenvalue weighted by Gasteiger charge is -2.37. The van der Waals surface area contributed by atoms with Crippen LogP contribution in [-0.4, -0.2) is 90.3 Å². The summed E-state index contributed by atoms with van der Waals surface area (Å²) in [6.45, 7) is 3.76. The van der Waals surface area contributed by atoms with Crippen molar-refractivity contribution in [3.8, 4) is 11.5 Å². The van der Waals surface area contributed by atoms with Crippen molar-refractivity contribution in [1.29, 1.82) is 0 Å². The fourth-order valence-electron chi connectivity index (χ4n) is 8.68. The van der Waals surface area contributed by atoms with E-state index in [1.807, 2.05) is 37.3 Å². The molecule has 0 unspecified atom stereocenters. The third-order valence-corrected chi connectivity index (χ3v) is 14.9. The minimum atomic E-state index is -3.98. The van der Waals surface area contributed by atoms with Crippen LogP contribution in [0.4, 0.5) is 4.79 Å². The van der Waals surface area contributed by atoms with E-state index in [1.165, 1.54) is 4.90 Å². The second kappa shape index (κ2) is 14.5. The van der Waals surface area contributed by atoms with Crippen LogP contribution in [0.5, 0.6) is 11.5 Å². The largest absolute Gasteiger partial charge is 0.497 e. The number of ether oxygens (including phenoxy) is 3. The van der Waals surface area contributed by atoms with E-state index in [9.17, 15) is 27.6 Å². The second-order valence-electron chi connectivity index (χ2n) is 17.0. The zero-order valence-corrected chi connectivity index (χ0v) is 33.3. The molecule has 4 fully saturated rings. The first kappa shape index (κ1) is 38.5. The molecule has 3 N–H and O–H groups in total. The minimum absolute atomic E-state index is 0.0750. The number of pyridine rings is 1. The highest BCUT2D eigenvalue weighted by molar-refractivity contribution is 7.91. The number of fused-ring (bicyclic) bond motifs is 5. The lowest BCUT2D eigenvalue weighted by atomic mass is 9.86. The van der Waals surface area contributed by atoms with Gasteiger partial charge >= 0.3 is 6.09 Å². The Morgan fingerprint density at radius 3 is 2.62 bits per heavy atom. The number of nitrogens with zero attached hydrogens (tertiary/aromatic N) is 2. The van der Waals surface area contributed by atoms with Crippen molar-refractivity contribution >= 4 is 44.7 Å². The van der Waals surface area contributed by atoms with Gasteiger partial charge in [-0.25, -0.2) is 18.2 Å². The van der Waals surface area contributed by atoms with Crippen molar-refractivity contribution in [1.82, 2.24) is 25.2 Å². The first-order valence-electron chi connectivity index (χ1n) is 20.3. The number of benzene rings is 1. The summed E-state index contributed by atoms with van der Waals surface area (Å²) in [4.78, 5) is 62.9. The van der Waals surface area contributed by atoms with Gasteiger partial charge in [0.2, 0.25) is 21.8 Å². The summed E-state index contributed by atoms with van der Waals surface area (Å²) >= 11 is 0. The number of hydrogen-bond acceptors (Lipinski definition) is 10. The zero-order chi connectivity index (χ0) is 39.5. The van der Waals surface area contributed by atoms with E-state index in [0.29, 0.717) is 62.9 Å². The number of hydrogen-bond donors (Lipinski definition) is 3. The van der Waals surface area contributed by atoms with Gasteiger partial charge in [0.25, 0.3) is 5.91 Å². The Hall–Kier alpha value is -4.40. The summed E-state index contributed by atoms with van der Waals surface area (Å²) in [5.41, 5.74) is 0.277. The summed E-state index contributed by atoms with van der Waals surface area (Å²) < 4.78 is 45.6. The highest BCUT2D eigenvalue weighted by Gasteiger charge is 2.64. The van der Waals surface area contributed by atoms with Gasteiger partial charge < -0.3 is 29.7 Å². The molecule has 14 nitrogen and oxygen atoms in total. The van der Waals surface area contributed by atoms with E-state index in [-0.39, 0.29) is 31.9 Å². The van der Waals surface area contributed by atoms with Crippen LogP contribution in [0.15, 0.2) is 30.4 Å². The van der Waals surface area contributed by atoms with Crippen LogP contribution >= 0.6 is 0 Å². The molecule has 3 saturated carbocycles. The quantitative estimate of drug-likeness (QED) is 0.318. The predicted molar refractivity (Wildman–Crippen MR) is 207 cm³/mol. The molecule has 1 aromatic carbocycles. The third kappa shape index (κ3) is 7.20. The number of alkyl carbamates (subject to hydrolysis) is 1. The lowest BCUT2D eigenvalue weighted by Crippen LogP contribution is -2.58. The third-order valence-electron chi connectivity index (χ3n) is 12.7. The summed E-state index contributed by atoms with van der Waals surface area (Å²) in [6, 6.07) is 3.81. The SMILES string of the molecule is CCCOC(=O)N[C@H]1CCCCC/C=C\[C@@H]2C[C@@]2(C(=O)NS(=O)(=O)C2(C)CC2)NC(=O)[C@@H]2C[C@]3(CCc4c(c(C5CC5)nc5cc(OC)ccc45)O3)CN2C1=O. The summed E-state index contributed by atoms with van der Waals surface area (Å²) in [5.74, 6) is -0.539. The standard InChI is InChI=1S/C41H53N5O9S/c1-4-20-54-38(50)43-30-11-9-7-5-6-8-10-26-22-41(26,37(49)45-56(51,52)39(2)18-19-39)44-35(47)32-23-40(24-46(32)36(30)48)17-16-29-28-15-14-27(53-3)21-31(28)42-33(25-12-13-25)34(29)55-40/h8,10,14-15,21,25-26,30,32H,4-7,9,11-13,16-20,22-24H2,1-3H3,(H,43,50)(H,44,47)(H,45,49)/b10-8-/t26-,30+,32+,40-,41-/m1/s1. The van der Waals surface area contributed by atoms with Gasteiger partial charge in [-0.3, -0.25) is 19.1 Å². The molecular formula is C41H53N5O9S. The highest BCUT2D eigenvalue weighted by Crippen LogP contribution is 2.52. The number of methoxy groups -OCH3 is 1. The van der Waals surface area contributed by atoms with E-state index in [4.69, 9.17) is 19.2 Å². The molecule has 15 heteroatoms. The van der Waals surface area contributed by atoms with Crippen LogP contribution in [0.25, 0.3) is 10.9 Å². The first-order chi connectivity index (χ1) is 26.8. The number of nitrogens with one attached hydrogen (secondary N) is 3. The van der Waals surface area contributed by atoms with Gasteiger partial charge in [0, 0.05) is 35.3 Å². The Morgan fingerprint density at radius 1 is 1.09 bits per heavy atom. The first-order valence-corrected chi connectivity index (χ1v) is 21.8. The number of aromatic nitrogens is 1. The maximum Gasteiger partial charge on any atom is 0.407 e. The van der Waals surface area contributed by atoms with Crippen molar-refractivity contribution in [2.75, 3.05) is 20.3 Å². The van der Waals surface area contributed by atoms with Crippen LogP contribution < -0.4 is 24.8 Å². The molecule has 0 bridgehead atoms. The molecule has 6 aliphatic rings. The topological polar surface area (TPSA) is 182 Å². The van der Waals surface area contributed by atoms with Crippen LogP contribution in [-0.2, 0) is 35.6 Å². The number of sulfonamides is 1. The molecular weight excluding hydrogens is 739 g/mol. The number of carbonyl (C=O) groups excluding carboxylic acids is 4. The molecule has 3 aliphatic carbocycles. The molecule has 1 spiro atoms. The number of rotatable bonds is 8. The van der Waals surface area contributed by atoms with Gasteiger partial charge in [0.15, 0.2) is 0 Å². The maximum absolute atomic E-state index is 14.7. The monoisotopic (exact) mass is 791 g/mol. The number of allylic oxidation sites excluding steroid dienone is 1. The van der Waals surface area contributed by atoms with Crippen molar-refractivity contribution in [2.45, 2.75) is 138 Å². The number of aryl methyl sites for hydroxylation is 1. The van der Waals surface area contributed by atoms with Crippen molar-refractivity contribution in [2.24, 2.45) is 5.92 Å². The van der Waals surface area contributed by atoms with E-state index in [2.05, 4.69) is 15.4 Å². The van der Waals surface area contributed by atoms with Crippen molar-refractivity contribution < 1.29 is 41.8 Å². The molecule has 5 atom stereocenters. The van der Waals surface area contributed by atoms with Gasteiger partial charge in [0.05, 0.1) is 36.2 Å². The van der Waals surface area contributed by atoms with Gasteiger partial charge in [-0.15, -0.1) is 0 Å². The van der Waals surface area contributed by atoms with Gasteiger partial charge in [-0.1, -0.05) is 31.9 Å². The van der Waals surface area contributed by atoms with E-state index < -0.39 is 67.7 Å². The van der Waals surface area contributed by atoms with E-state index in [0.717, 1.165) is 47.8 Å². The zero-order valence-electron chi connectivity index (χ0n) is 32.5. The Morgan fingerprint density at radius 2 is 1.89 bits per heavy atom. The molecule has 4 amide bonds. The Kier molecular flexibility index (Phi) is 9.97. The molecule has 302 valence electrons. The normalized spacial score (nSPS) is 30.3. The van der Waals surface area contributed by atoms with E-state index in [1.54, 1.807) is 14.0 Å². The molecule has 3 aliphatic heterocycles. The van der Waals surface area contributed by atoms with Gasteiger partial charge in [-0.2, -0.15) is 0 Å². The number of amides is 4. The molecule has 8 rings (SSSR count). The van der Waals surface area contributed by atoms with Crippen LogP contribution in [0.3, 0.4) is 0 Å². The minimum Gasteiger partial charge on any atom is -0.497 e. The van der Waals surface area contributed by atoms with Crippen molar-refractivity contribution in [3.05, 3.63) is 41.6 Å². The molecule has 1 saturated heterocycles.